The van der Waals surface area contributed by atoms with E-state index in [0.29, 0.717) is 7.61 Å². The molecular weight excluding hydrogens is 122 g/mol. The van der Waals surface area contributed by atoms with Crippen LogP contribution in [0.25, 0.3) is 0 Å². The van der Waals surface area contributed by atoms with E-state index >= 15 is 0 Å². The molecule has 0 aliphatic carbocycles. The van der Waals surface area contributed by atoms with Crippen LogP contribution in [-0.4, -0.2) is 33.3 Å². The SMILES string of the molecule is CP(C)[PH](C)(C)C. The summed E-state index contributed by atoms with van der Waals surface area (Å²) in [5, 5.41) is 0. The fraction of sp³-hybridized carbons (Fsp3) is 1.00. The van der Waals surface area contributed by atoms with Crippen LogP contribution >= 0.6 is 14.6 Å². The van der Waals surface area contributed by atoms with Crippen LogP contribution in [-0.2, 0) is 0 Å². The molecule has 0 saturated heterocycles. The van der Waals surface area contributed by atoms with Gasteiger partial charge in [0.25, 0.3) is 0 Å². The second-order valence-corrected chi connectivity index (χ2v) is 15.9. The van der Waals surface area contributed by atoms with E-state index in [1.165, 1.54) is 0 Å². The Kier molecular flexibility index (Phi) is 2.72. The van der Waals surface area contributed by atoms with Crippen LogP contribution in [0.15, 0.2) is 0 Å². The van der Waals surface area contributed by atoms with Crippen LogP contribution < -0.4 is 0 Å². The van der Waals surface area contributed by atoms with Crippen LogP contribution in [0, 0.1) is 0 Å². The quantitative estimate of drug-likeness (QED) is 0.487. The molecule has 0 atom stereocenters. The van der Waals surface area contributed by atoms with E-state index < -0.39 is 6.95 Å². The zero-order valence-electron chi connectivity index (χ0n) is 5.95. The Bertz CT molecular complexity index is 51.6. The summed E-state index contributed by atoms with van der Waals surface area (Å²) in [6, 6.07) is 0. The average Bonchev–Trinajstić information content (AvgIpc) is 1.31. The molecule has 0 bridgehead atoms. The molecule has 0 saturated carbocycles. The van der Waals surface area contributed by atoms with Crippen LogP contribution in [0.1, 0.15) is 0 Å². The fourth-order valence-electron chi connectivity index (χ4n) is 0. The van der Waals surface area contributed by atoms with Crippen molar-refractivity contribution in [1.82, 2.24) is 0 Å². The van der Waals surface area contributed by atoms with E-state index in [9.17, 15) is 0 Å². The number of rotatable bonds is 1. The zero-order chi connectivity index (χ0) is 6.08. The zero-order valence-corrected chi connectivity index (χ0v) is 7.84. The number of hydrogen-bond acceptors (Lipinski definition) is 0. The summed E-state index contributed by atoms with van der Waals surface area (Å²) in [5.74, 6) is 0. The molecule has 0 heterocycles. The Balaban J connectivity index is 3.54. The van der Waals surface area contributed by atoms with E-state index in [0.717, 1.165) is 0 Å². The molecule has 2 heteroatoms. The third-order valence-electron chi connectivity index (χ3n) is 1.34. The summed E-state index contributed by atoms with van der Waals surface area (Å²) in [5.41, 5.74) is 0. The van der Waals surface area contributed by atoms with Gasteiger partial charge in [0.15, 0.2) is 0 Å². The summed E-state index contributed by atoms with van der Waals surface area (Å²) in [7, 11) is 0.397. The van der Waals surface area contributed by atoms with E-state index in [4.69, 9.17) is 0 Å². The van der Waals surface area contributed by atoms with Gasteiger partial charge in [-0.25, -0.2) is 0 Å². The van der Waals surface area contributed by atoms with Crippen molar-refractivity contribution >= 4 is 14.6 Å². The standard InChI is InChI=1S/C5H16P2/c1-6(2)7(3,4)5/h7H,1-5H3. The van der Waals surface area contributed by atoms with Gasteiger partial charge in [0, 0.05) is 0 Å². The molecule has 0 spiro atoms. The van der Waals surface area contributed by atoms with Gasteiger partial charge in [-0.3, -0.25) is 0 Å². The molecule has 0 amide bonds. The van der Waals surface area contributed by atoms with Crippen molar-refractivity contribution in [3.8, 4) is 0 Å². The maximum absolute atomic E-state index is 2.43. The summed E-state index contributed by atoms with van der Waals surface area (Å²) in [4.78, 5) is 0. The normalized spacial score (nSPS) is 15.1. The molecule has 0 aromatic carbocycles. The second-order valence-electron chi connectivity index (χ2n) is 3.07. The first-order chi connectivity index (χ1) is 2.94. The topological polar surface area (TPSA) is 0 Å². The molecule has 0 aliphatic rings. The van der Waals surface area contributed by atoms with Crippen LogP contribution in [0.5, 0.6) is 0 Å². The molecule has 0 nitrogen and oxygen atoms in total. The average molecular weight is 138 g/mol. The van der Waals surface area contributed by atoms with Crippen LogP contribution in [0.3, 0.4) is 0 Å². The first kappa shape index (κ1) is 7.86. The monoisotopic (exact) mass is 138 g/mol. The molecule has 0 unspecified atom stereocenters. The molecule has 0 N–H and O–H groups in total. The Labute approximate surface area is 48.7 Å². The van der Waals surface area contributed by atoms with Gasteiger partial charge in [0.2, 0.25) is 0 Å². The van der Waals surface area contributed by atoms with Crippen LogP contribution in [0.2, 0.25) is 0 Å². The van der Waals surface area contributed by atoms with Crippen LogP contribution in [0.4, 0.5) is 0 Å². The molecule has 7 heavy (non-hydrogen) atoms. The maximum atomic E-state index is 2.43. The van der Waals surface area contributed by atoms with Crippen molar-refractivity contribution in [2.24, 2.45) is 0 Å². The predicted molar refractivity (Wildman–Crippen MR) is 44.9 cm³/mol. The van der Waals surface area contributed by atoms with Crippen molar-refractivity contribution in [1.29, 1.82) is 0 Å². The summed E-state index contributed by atoms with van der Waals surface area (Å²) in [6.07, 6.45) is 0. The summed E-state index contributed by atoms with van der Waals surface area (Å²) >= 11 is 0. The van der Waals surface area contributed by atoms with Gasteiger partial charge in [-0.2, -0.15) is 0 Å². The van der Waals surface area contributed by atoms with Gasteiger partial charge in [-0.15, -0.1) is 0 Å². The van der Waals surface area contributed by atoms with Gasteiger partial charge in [0.1, 0.15) is 0 Å². The first-order valence-electron chi connectivity index (χ1n) is 2.62. The number of hydrogen-bond donors (Lipinski definition) is 0. The van der Waals surface area contributed by atoms with Gasteiger partial charge in [-0.1, -0.05) is 0 Å². The molecule has 0 aromatic rings. The molecule has 0 aliphatic heterocycles. The van der Waals surface area contributed by atoms with E-state index in [1.54, 1.807) is 0 Å². The Hall–Kier alpha value is 0.860. The van der Waals surface area contributed by atoms with Crippen molar-refractivity contribution in [3.63, 3.8) is 0 Å². The molecular formula is C5H16P2. The first-order valence-corrected chi connectivity index (χ1v) is 9.20. The third-order valence-corrected chi connectivity index (χ3v) is 12.1. The second kappa shape index (κ2) is 2.42. The predicted octanol–water partition coefficient (Wildman–Crippen LogP) is 2.28. The van der Waals surface area contributed by atoms with Crippen molar-refractivity contribution in [2.75, 3.05) is 33.3 Å². The summed E-state index contributed by atoms with van der Waals surface area (Å²) in [6.45, 7) is 11.4. The minimum absolute atomic E-state index is 0.397. The van der Waals surface area contributed by atoms with E-state index in [1.807, 2.05) is 0 Å². The minimum atomic E-state index is -0.670. The summed E-state index contributed by atoms with van der Waals surface area (Å²) < 4.78 is 0. The Morgan fingerprint density at radius 3 is 1.14 bits per heavy atom. The van der Waals surface area contributed by atoms with Gasteiger partial charge in [-0.05, 0) is 0 Å². The fourth-order valence-corrected chi connectivity index (χ4v) is 0. The molecule has 0 fully saturated rings. The Morgan fingerprint density at radius 1 is 1.00 bits per heavy atom. The van der Waals surface area contributed by atoms with Crippen molar-refractivity contribution < 1.29 is 0 Å². The van der Waals surface area contributed by atoms with Gasteiger partial charge < -0.3 is 0 Å². The van der Waals surface area contributed by atoms with E-state index in [2.05, 4.69) is 33.3 Å². The van der Waals surface area contributed by atoms with Gasteiger partial charge >= 0.3 is 47.9 Å². The molecule has 0 aromatic heterocycles. The Morgan fingerprint density at radius 2 is 1.14 bits per heavy atom. The van der Waals surface area contributed by atoms with Gasteiger partial charge in [0.05, 0.1) is 0 Å². The van der Waals surface area contributed by atoms with E-state index in [-0.39, 0.29) is 0 Å². The third kappa shape index (κ3) is 3.44. The molecule has 46 valence electrons. The molecule has 0 radical (unpaired) electrons. The van der Waals surface area contributed by atoms with Crippen molar-refractivity contribution in [2.45, 2.75) is 0 Å². The van der Waals surface area contributed by atoms with Crippen molar-refractivity contribution in [3.05, 3.63) is 0 Å². The molecule has 0 rings (SSSR count).